The maximum absolute atomic E-state index is 11.7. The van der Waals surface area contributed by atoms with E-state index >= 15 is 0 Å². The Labute approximate surface area is 106 Å². The number of nitrogens with one attached hydrogen (secondary N) is 1. The van der Waals surface area contributed by atoms with E-state index in [-0.39, 0.29) is 17.2 Å². The van der Waals surface area contributed by atoms with Gasteiger partial charge in [0.2, 0.25) is 15.9 Å². The first-order chi connectivity index (χ1) is 7.33. The molecule has 1 heterocycles. The highest BCUT2D eigenvalue weighted by atomic mass is 79.9. The fraction of sp³-hybridized carbons (Fsp3) is 0.375. The van der Waals surface area contributed by atoms with Crippen LogP contribution >= 0.6 is 27.3 Å². The minimum absolute atomic E-state index is 0.00917. The molecular formula is C8H11BrN2O3S2. The molecule has 1 aromatic heterocycles. The minimum atomic E-state index is -3.53. The molecule has 1 rings (SSSR count). The molecule has 0 radical (unpaired) electrons. The van der Waals surface area contributed by atoms with Crippen LogP contribution in [-0.2, 0) is 14.8 Å². The molecule has 0 fully saturated rings. The van der Waals surface area contributed by atoms with Gasteiger partial charge in [0, 0.05) is 13.0 Å². The number of nitrogens with two attached hydrogens (primary N) is 1. The maximum atomic E-state index is 11.7. The van der Waals surface area contributed by atoms with Crippen molar-refractivity contribution in [2.24, 2.45) is 5.73 Å². The van der Waals surface area contributed by atoms with Crippen LogP contribution in [0.25, 0.3) is 0 Å². The highest BCUT2D eigenvalue weighted by Gasteiger charge is 2.17. The Bertz CT molecular complexity index is 476. The normalized spacial score (nSPS) is 11.6. The van der Waals surface area contributed by atoms with Crippen LogP contribution in [0, 0.1) is 6.92 Å². The number of halogens is 1. The first-order valence-corrected chi connectivity index (χ1v) is 7.46. The average Bonchev–Trinajstić information content (AvgIpc) is 2.46. The number of thiophene rings is 1. The second kappa shape index (κ2) is 5.26. The van der Waals surface area contributed by atoms with E-state index in [4.69, 9.17) is 5.73 Å². The van der Waals surface area contributed by atoms with Gasteiger partial charge in [-0.1, -0.05) is 0 Å². The third-order valence-electron chi connectivity index (χ3n) is 1.76. The Kier molecular flexibility index (Phi) is 4.48. The van der Waals surface area contributed by atoms with Crippen molar-refractivity contribution in [3.8, 4) is 0 Å². The number of rotatable bonds is 5. The van der Waals surface area contributed by atoms with Crippen molar-refractivity contribution in [3.63, 3.8) is 0 Å². The summed E-state index contributed by atoms with van der Waals surface area (Å²) in [6, 6.07) is 1.57. The Balaban J connectivity index is 2.74. The lowest BCUT2D eigenvalue weighted by molar-refractivity contribution is -0.117. The van der Waals surface area contributed by atoms with Crippen LogP contribution in [0.3, 0.4) is 0 Å². The van der Waals surface area contributed by atoms with Crippen molar-refractivity contribution < 1.29 is 13.2 Å². The predicted octanol–water partition coefficient (Wildman–Crippen LogP) is 0.973. The molecule has 0 aliphatic carbocycles. The molecule has 8 heteroatoms. The van der Waals surface area contributed by atoms with Crippen molar-refractivity contribution >= 4 is 43.2 Å². The first kappa shape index (κ1) is 13.6. The highest BCUT2D eigenvalue weighted by Crippen LogP contribution is 2.30. The zero-order valence-electron chi connectivity index (χ0n) is 8.49. The number of carbonyl (C=O) groups excluding carboxylic acids is 1. The molecule has 90 valence electrons. The molecule has 0 aromatic carbocycles. The number of sulfonamides is 1. The van der Waals surface area contributed by atoms with E-state index in [1.807, 2.05) is 6.92 Å². The van der Waals surface area contributed by atoms with Gasteiger partial charge in [-0.25, -0.2) is 13.1 Å². The number of hydrogen-bond donors (Lipinski definition) is 2. The van der Waals surface area contributed by atoms with Gasteiger partial charge in [0.05, 0.1) is 3.79 Å². The van der Waals surface area contributed by atoms with E-state index in [2.05, 4.69) is 20.7 Å². The fourth-order valence-corrected chi connectivity index (χ4v) is 4.25. The summed E-state index contributed by atoms with van der Waals surface area (Å²) < 4.78 is 26.7. The van der Waals surface area contributed by atoms with Crippen LogP contribution < -0.4 is 10.5 Å². The molecule has 0 atom stereocenters. The zero-order valence-corrected chi connectivity index (χ0v) is 11.7. The lowest BCUT2D eigenvalue weighted by Gasteiger charge is -2.02. The molecule has 0 bridgehead atoms. The van der Waals surface area contributed by atoms with Gasteiger partial charge in [0.15, 0.2) is 0 Å². The van der Waals surface area contributed by atoms with Crippen LogP contribution in [0.4, 0.5) is 0 Å². The van der Waals surface area contributed by atoms with Gasteiger partial charge in [0.1, 0.15) is 4.21 Å². The molecule has 3 N–H and O–H groups in total. The summed E-state index contributed by atoms with van der Waals surface area (Å²) in [6.07, 6.45) is -0.00917. The highest BCUT2D eigenvalue weighted by molar-refractivity contribution is 9.11. The third-order valence-corrected chi connectivity index (χ3v) is 5.83. The van der Waals surface area contributed by atoms with Crippen molar-refractivity contribution in [2.75, 3.05) is 6.54 Å². The molecule has 16 heavy (non-hydrogen) atoms. The van der Waals surface area contributed by atoms with Gasteiger partial charge < -0.3 is 5.73 Å². The molecule has 5 nitrogen and oxygen atoms in total. The van der Waals surface area contributed by atoms with E-state index in [9.17, 15) is 13.2 Å². The van der Waals surface area contributed by atoms with Crippen molar-refractivity contribution in [3.05, 3.63) is 15.4 Å². The standard InChI is InChI=1S/C8H11BrN2O3S2/c1-5-4-7(15-8(5)9)16(13,14)11-3-2-6(10)12/h4,11H,2-3H2,1H3,(H2,10,12). The van der Waals surface area contributed by atoms with Crippen LogP contribution in [0.15, 0.2) is 14.1 Å². The molecule has 0 aliphatic rings. The second-order valence-electron chi connectivity index (χ2n) is 3.14. The Morgan fingerprint density at radius 2 is 2.25 bits per heavy atom. The minimum Gasteiger partial charge on any atom is -0.370 e. The van der Waals surface area contributed by atoms with E-state index in [1.54, 1.807) is 6.07 Å². The number of amides is 1. The summed E-state index contributed by atoms with van der Waals surface area (Å²) in [5, 5.41) is 0. The number of aryl methyl sites for hydroxylation is 1. The summed E-state index contributed by atoms with van der Waals surface area (Å²) in [4.78, 5) is 10.5. The number of hydrogen-bond acceptors (Lipinski definition) is 4. The van der Waals surface area contributed by atoms with Crippen LogP contribution in [0.1, 0.15) is 12.0 Å². The van der Waals surface area contributed by atoms with Gasteiger partial charge in [0.25, 0.3) is 0 Å². The van der Waals surface area contributed by atoms with Crippen LogP contribution in [0.5, 0.6) is 0 Å². The molecular weight excluding hydrogens is 316 g/mol. The third kappa shape index (κ3) is 3.55. The monoisotopic (exact) mass is 326 g/mol. The van der Waals surface area contributed by atoms with Crippen molar-refractivity contribution in [1.29, 1.82) is 0 Å². The summed E-state index contributed by atoms with van der Waals surface area (Å²) in [5.74, 6) is -0.536. The maximum Gasteiger partial charge on any atom is 0.250 e. The van der Waals surface area contributed by atoms with E-state index in [1.165, 1.54) is 0 Å². The Morgan fingerprint density at radius 1 is 1.62 bits per heavy atom. The van der Waals surface area contributed by atoms with Gasteiger partial charge in [-0.15, -0.1) is 11.3 Å². The lowest BCUT2D eigenvalue weighted by Crippen LogP contribution is -2.27. The summed E-state index contributed by atoms with van der Waals surface area (Å²) in [6.45, 7) is 1.83. The smallest absolute Gasteiger partial charge is 0.250 e. The van der Waals surface area contributed by atoms with Gasteiger partial charge in [-0.2, -0.15) is 0 Å². The SMILES string of the molecule is Cc1cc(S(=O)(=O)NCCC(N)=O)sc1Br. The summed E-state index contributed by atoms with van der Waals surface area (Å²) in [5.41, 5.74) is 5.77. The molecule has 0 saturated carbocycles. The number of primary amides is 1. The Morgan fingerprint density at radius 3 is 2.69 bits per heavy atom. The molecule has 0 aliphatic heterocycles. The van der Waals surface area contributed by atoms with Gasteiger partial charge >= 0.3 is 0 Å². The first-order valence-electron chi connectivity index (χ1n) is 4.37. The molecule has 0 saturated heterocycles. The fourth-order valence-electron chi connectivity index (χ4n) is 0.944. The van der Waals surface area contributed by atoms with E-state index in [0.717, 1.165) is 20.7 Å². The summed E-state index contributed by atoms with van der Waals surface area (Å²) in [7, 11) is -3.53. The van der Waals surface area contributed by atoms with Gasteiger partial charge in [-0.05, 0) is 34.5 Å². The zero-order chi connectivity index (χ0) is 12.3. The van der Waals surface area contributed by atoms with Crippen molar-refractivity contribution in [1.82, 2.24) is 4.72 Å². The lowest BCUT2D eigenvalue weighted by atomic mass is 10.4. The summed E-state index contributed by atoms with van der Waals surface area (Å²) >= 11 is 4.38. The Hall–Kier alpha value is -0.440. The molecule has 1 aromatic rings. The van der Waals surface area contributed by atoms with Gasteiger partial charge in [-0.3, -0.25) is 4.79 Å². The predicted molar refractivity (Wildman–Crippen MR) is 65.8 cm³/mol. The quantitative estimate of drug-likeness (QED) is 0.844. The number of carbonyl (C=O) groups is 1. The van der Waals surface area contributed by atoms with Crippen LogP contribution in [-0.4, -0.2) is 20.9 Å². The average molecular weight is 327 g/mol. The largest absolute Gasteiger partial charge is 0.370 e. The second-order valence-corrected chi connectivity index (χ2v) is 7.50. The molecule has 1 amide bonds. The van der Waals surface area contributed by atoms with Crippen molar-refractivity contribution in [2.45, 2.75) is 17.6 Å². The molecule has 0 spiro atoms. The topological polar surface area (TPSA) is 89.3 Å². The van der Waals surface area contributed by atoms with E-state index < -0.39 is 15.9 Å². The van der Waals surface area contributed by atoms with E-state index in [0.29, 0.717) is 0 Å². The van der Waals surface area contributed by atoms with Crippen LogP contribution in [0.2, 0.25) is 0 Å². The molecule has 0 unspecified atom stereocenters.